The summed E-state index contributed by atoms with van der Waals surface area (Å²) in [5, 5.41) is 32.5. The van der Waals surface area contributed by atoms with Gasteiger partial charge in [-0.2, -0.15) is 10.2 Å². The van der Waals surface area contributed by atoms with Crippen LogP contribution < -0.4 is 19.4 Å². The van der Waals surface area contributed by atoms with Gasteiger partial charge in [-0.1, -0.05) is 86.6 Å². The average molecular weight is 915 g/mol. The third kappa shape index (κ3) is 9.81. The highest BCUT2D eigenvalue weighted by molar-refractivity contribution is 6.12. The summed E-state index contributed by atoms with van der Waals surface area (Å²) in [6.45, 7) is 4.50. The fourth-order valence-electron chi connectivity index (χ4n) is 8.02. The summed E-state index contributed by atoms with van der Waals surface area (Å²) < 4.78 is 17.9. The highest BCUT2D eigenvalue weighted by Gasteiger charge is 2.24. The number of ether oxygens (including phenoxy) is 2. The third-order valence-corrected chi connectivity index (χ3v) is 12.0. The molecule has 8 aromatic carbocycles. The van der Waals surface area contributed by atoms with Crippen LogP contribution in [0.1, 0.15) is 40.9 Å². The van der Waals surface area contributed by atoms with Crippen molar-refractivity contribution in [1.82, 2.24) is 10.2 Å². The van der Waals surface area contributed by atoms with Gasteiger partial charge in [0.1, 0.15) is 18.0 Å². The Balaban J connectivity index is 0.901. The molecular weight excluding hydrogens is 865 g/mol. The normalized spacial score (nSPS) is 11.5. The lowest BCUT2D eigenvalue weighted by molar-refractivity contribution is 0.0990. The summed E-state index contributed by atoms with van der Waals surface area (Å²) in [5.41, 5.74) is 9.08. The molecule has 0 N–H and O–H groups in total. The number of fused-ring (bicyclic) bond motifs is 2. The summed E-state index contributed by atoms with van der Waals surface area (Å²) in [6.07, 6.45) is 1.89. The fourth-order valence-corrected chi connectivity index (χ4v) is 8.02. The molecule has 69 heavy (non-hydrogen) atoms. The van der Waals surface area contributed by atoms with E-state index < -0.39 is 0 Å². The standard InChI is InChI=1S/C56H50N8O5/c1-7-36-17-29-45(30-18-36)63(3)56(65)49-34-41-14-10-12-16-48(41)51(53(49)67-6)60-58-44-27-23-39(24-28-44)55-62-61-54(69-55)38-21-25-43(26-22-38)57-59-50-47-15-11-9-13-40(47)33-42(52(50)66-5)35-68-64(4)46-31-19-37(8-2)20-32-46/h9-34H,7-8,35H2,1-6H3. The minimum atomic E-state index is -0.226. The second-order valence-electron chi connectivity index (χ2n) is 16.2. The van der Waals surface area contributed by atoms with E-state index in [2.05, 4.69) is 69.7 Å². The predicted molar refractivity (Wildman–Crippen MR) is 272 cm³/mol. The lowest BCUT2D eigenvalue weighted by Gasteiger charge is -2.21. The summed E-state index contributed by atoms with van der Waals surface area (Å²) in [7, 11) is 6.81. The molecule has 0 saturated heterocycles. The summed E-state index contributed by atoms with van der Waals surface area (Å²) in [6, 6.07) is 50.6. The van der Waals surface area contributed by atoms with Gasteiger partial charge in [-0.15, -0.1) is 20.4 Å². The van der Waals surface area contributed by atoms with Crippen molar-refractivity contribution < 1.29 is 23.5 Å². The number of rotatable bonds is 16. The summed E-state index contributed by atoms with van der Waals surface area (Å²) in [5.74, 6) is 1.39. The molecule has 0 bridgehead atoms. The molecule has 0 atom stereocenters. The lowest BCUT2D eigenvalue weighted by atomic mass is 10.0. The number of hydroxylamine groups is 1. The quantitative estimate of drug-likeness (QED) is 0.0689. The predicted octanol–water partition coefficient (Wildman–Crippen LogP) is 14.5. The number of aromatic nitrogens is 2. The highest BCUT2D eigenvalue weighted by atomic mass is 16.7. The Morgan fingerprint density at radius 3 is 1.55 bits per heavy atom. The van der Waals surface area contributed by atoms with Gasteiger partial charge >= 0.3 is 0 Å². The lowest BCUT2D eigenvalue weighted by Crippen LogP contribution is -2.26. The van der Waals surface area contributed by atoms with Crippen LogP contribution >= 0.6 is 0 Å². The van der Waals surface area contributed by atoms with E-state index in [0.29, 0.717) is 57.2 Å². The molecule has 0 aliphatic rings. The van der Waals surface area contributed by atoms with Crippen molar-refractivity contribution in [3.63, 3.8) is 0 Å². The smallest absolute Gasteiger partial charge is 0.261 e. The molecule has 13 nitrogen and oxygen atoms in total. The zero-order chi connectivity index (χ0) is 47.9. The van der Waals surface area contributed by atoms with Crippen molar-refractivity contribution >= 4 is 61.6 Å². The van der Waals surface area contributed by atoms with E-state index in [0.717, 1.165) is 56.9 Å². The molecule has 0 aliphatic carbocycles. The van der Waals surface area contributed by atoms with E-state index >= 15 is 0 Å². The molecule has 0 radical (unpaired) electrons. The van der Waals surface area contributed by atoms with Crippen LogP contribution in [-0.4, -0.2) is 44.4 Å². The van der Waals surface area contributed by atoms with Gasteiger partial charge in [0.15, 0.2) is 11.5 Å². The van der Waals surface area contributed by atoms with Crippen LogP contribution in [0.3, 0.4) is 0 Å². The Kier molecular flexibility index (Phi) is 13.6. The van der Waals surface area contributed by atoms with Crippen LogP contribution in [0.4, 0.5) is 34.1 Å². The molecule has 1 heterocycles. The highest BCUT2D eigenvalue weighted by Crippen LogP contribution is 2.43. The van der Waals surface area contributed by atoms with Crippen molar-refractivity contribution in [3.8, 4) is 34.4 Å². The molecule has 0 aliphatic heterocycles. The maximum absolute atomic E-state index is 14.0. The van der Waals surface area contributed by atoms with E-state index in [9.17, 15) is 4.79 Å². The number of anilines is 2. The number of carbonyl (C=O) groups is 1. The van der Waals surface area contributed by atoms with Gasteiger partial charge in [-0.25, -0.2) is 0 Å². The minimum Gasteiger partial charge on any atom is -0.494 e. The largest absolute Gasteiger partial charge is 0.494 e. The van der Waals surface area contributed by atoms with E-state index in [1.54, 1.807) is 24.1 Å². The number of amides is 1. The van der Waals surface area contributed by atoms with Crippen LogP contribution in [0.5, 0.6) is 11.5 Å². The van der Waals surface area contributed by atoms with E-state index in [4.69, 9.17) is 23.8 Å². The monoisotopic (exact) mass is 914 g/mol. The van der Waals surface area contributed by atoms with E-state index in [1.165, 1.54) is 18.2 Å². The number of hydrogen-bond acceptors (Lipinski definition) is 12. The average Bonchev–Trinajstić information content (AvgIpc) is 3.91. The number of nitrogens with zero attached hydrogens (tertiary/aromatic N) is 8. The van der Waals surface area contributed by atoms with Crippen LogP contribution in [0.25, 0.3) is 44.5 Å². The SMILES string of the molecule is CCc1ccc(N(C)OCc2cc3ccccc3c(N=Nc3ccc(-c4nnc(-c5ccc(N=Nc6c(OC)c(C(=O)N(C)c7ccc(CC)cc7)cc7ccccc67)cc5)o4)cc3)c2OC)cc1. The first-order valence-electron chi connectivity index (χ1n) is 22.6. The molecule has 1 amide bonds. The van der Waals surface area contributed by atoms with Crippen molar-refractivity contribution in [1.29, 1.82) is 0 Å². The zero-order valence-electron chi connectivity index (χ0n) is 39.3. The van der Waals surface area contributed by atoms with Crippen molar-refractivity contribution in [2.24, 2.45) is 20.5 Å². The maximum atomic E-state index is 14.0. The number of benzene rings is 8. The van der Waals surface area contributed by atoms with Gasteiger partial charge in [-0.3, -0.25) is 14.7 Å². The third-order valence-electron chi connectivity index (χ3n) is 12.0. The molecule has 0 fully saturated rings. The van der Waals surface area contributed by atoms with Crippen LogP contribution in [0, 0.1) is 0 Å². The Hall–Kier alpha value is -8.55. The second kappa shape index (κ2) is 20.5. The zero-order valence-corrected chi connectivity index (χ0v) is 39.3. The van der Waals surface area contributed by atoms with Crippen molar-refractivity contribution in [2.75, 3.05) is 38.3 Å². The molecule has 0 saturated carbocycles. The number of azo groups is 2. The Bertz CT molecular complexity index is 3310. The summed E-state index contributed by atoms with van der Waals surface area (Å²) in [4.78, 5) is 21.8. The molecule has 13 heteroatoms. The van der Waals surface area contributed by atoms with Crippen LogP contribution in [0.2, 0.25) is 0 Å². The number of carbonyl (C=O) groups excluding carboxylic acids is 1. The first kappa shape index (κ1) is 45.6. The first-order chi connectivity index (χ1) is 33.7. The molecular formula is C56H50N8O5. The minimum absolute atomic E-state index is 0.226. The number of aryl methyl sites for hydroxylation is 2. The second-order valence-corrected chi connectivity index (χ2v) is 16.2. The molecule has 344 valence electrons. The van der Waals surface area contributed by atoms with Crippen molar-refractivity contribution in [2.45, 2.75) is 33.3 Å². The van der Waals surface area contributed by atoms with Gasteiger partial charge in [0, 0.05) is 47.2 Å². The maximum Gasteiger partial charge on any atom is 0.261 e. The Morgan fingerprint density at radius 1 is 0.565 bits per heavy atom. The van der Waals surface area contributed by atoms with Crippen molar-refractivity contribution in [3.05, 3.63) is 180 Å². The van der Waals surface area contributed by atoms with E-state index in [1.807, 2.05) is 134 Å². The molecule has 9 aromatic rings. The van der Waals surface area contributed by atoms with Gasteiger partial charge in [0.05, 0.1) is 36.8 Å². The topological polar surface area (TPSA) is 140 Å². The fraction of sp³-hybridized carbons (Fsp3) is 0.161. The van der Waals surface area contributed by atoms with Gasteiger partial charge < -0.3 is 18.8 Å². The van der Waals surface area contributed by atoms with Gasteiger partial charge in [-0.05, 0) is 120 Å². The van der Waals surface area contributed by atoms with E-state index in [-0.39, 0.29) is 12.5 Å². The Labute approximate surface area is 400 Å². The molecule has 0 spiro atoms. The van der Waals surface area contributed by atoms with Crippen LogP contribution in [-0.2, 0) is 24.3 Å². The molecule has 0 unspecified atom stereocenters. The Morgan fingerprint density at radius 2 is 1.04 bits per heavy atom. The number of hydrogen-bond donors (Lipinski definition) is 0. The summed E-state index contributed by atoms with van der Waals surface area (Å²) >= 11 is 0. The first-order valence-corrected chi connectivity index (χ1v) is 22.6. The van der Waals surface area contributed by atoms with Gasteiger partial charge in [0.25, 0.3) is 5.91 Å². The van der Waals surface area contributed by atoms with Gasteiger partial charge in [0.2, 0.25) is 11.8 Å². The number of methoxy groups -OCH3 is 2. The van der Waals surface area contributed by atoms with Crippen LogP contribution in [0.15, 0.2) is 183 Å². The molecule has 9 rings (SSSR count). The molecule has 1 aromatic heterocycles.